The van der Waals surface area contributed by atoms with Crippen LogP contribution in [-0.2, 0) is 4.79 Å². The number of carbonyl (C=O) groups excluding carboxylic acids is 1. The zero-order chi connectivity index (χ0) is 17.4. The zero-order valence-corrected chi connectivity index (χ0v) is 17.2. The Hall–Kier alpha value is -0.510. The fourth-order valence-electron chi connectivity index (χ4n) is 2.81. The van der Waals surface area contributed by atoms with Gasteiger partial charge in [0.2, 0.25) is 0 Å². The SMILES string of the molecule is CCCCN1CCN(SI)CC1CC(=O)Oc1cccc(OC)c1. The number of hydrogen-bond acceptors (Lipinski definition) is 6. The maximum Gasteiger partial charge on any atom is 0.312 e. The summed E-state index contributed by atoms with van der Waals surface area (Å²) in [6.45, 7) is 6.19. The lowest BCUT2D eigenvalue weighted by atomic mass is 10.1. The predicted octanol–water partition coefficient (Wildman–Crippen LogP) is 3.78. The van der Waals surface area contributed by atoms with Crippen LogP contribution in [0.4, 0.5) is 0 Å². The molecule has 0 saturated carbocycles. The highest BCUT2D eigenvalue weighted by atomic mass is 127. The van der Waals surface area contributed by atoms with Crippen molar-refractivity contribution < 1.29 is 14.3 Å². The summed E-state index contributed by atoms with van der Waals surface area (Å²) in [5.74, 6) is 1.04. The van der Waals surface area contributed by atoms with E-state index in [4.69, 9.17) is 9.47 Å². The van der Waals surface area contributed by atoms with Crippen molar-refractivity contribution in [2.24, 2.45) is 0 Å². The molecule has 2 rings (SSSR count). The van der Waals surface area contributed by atoms with Gasteiger partial charge < -0.3 is 9.47 Å². The lowest BCUT2D eigenvalue weighted by Crippen LogP contribution is -2.51. The summed E-state index contributed by atoms with van der Waals surface area (Å²) in [4.78, 5) is 14.8. The number of rotatable bonds is 8. The highest BCUT2D eigenvalue weighted by Crippen LogP contribution is 2.25. The van der Waals surface area contributed by atoms with Gasteiger partial charge in [0.1, 0.15) is 11.5 Å². The smallest absolute Gasteiger partial charge is 0.312 e. The van der Waals surface area contributed by atoms with E-state index in [9.17, 15) is 4.79 Å². The molecule has 1 heterocycles. The highest BCUT2D eigenvalue weighted by Gasteiger charge is 2.29. The first-order valence-corrected chi connectivity index (χ1v) is 11.6. The first-order chi connectivity index (χ1) is 11.7. The summed E-state index contributed by atoms with van der Waals surface area (Å²) in [5.41, 5.74) is 0. The maximum absolute atomic E-state index is 12.4. The Morgan fingerprint density at radius 1 is 1.38 bits per heavy atom. The Balaban J connectivity index is 1.94. The minimum absolute atomic E-state index is 0.185. The van der Waals surface area contributed by atoms with Crippen LogP contribution in [0, 0.1) is 0 Å². The summed E-state index contributed by atoms with van der Waals surface area (Å²) in [5, 5.41) is 0. The van der Waals surface area contributed by atoms with Gasteiger partial charge in [-0.15, -0.1) is 0 Å². The second-order valence-corrected chi connectivity index (χ2v) is 7.69. The van der Waals surface area contributed by atoms with E-state index >= 15 is 0 Å². The van der Waals surface area contributed by atoms with Crippen molar-refractivity contribution in [2.75, 3.05) is 33.3 Å². The third kappa shape index (κ3) is 6.09. The zero-order valence-electron chi connectivity index (χ0n) is 14.2. The summed E-state index contributed by atoms with van der Waals surface area (Å²) in [6, 6.07) is 7.39. The van der Waals surface area contributed by atoms with Crippen molar-refractivity contribution >= 4 is 36.3 Å². The van der Waals surface area contributed by atoms with E-state index in [1.165, 1.54) is 12.8 Å². The molecule has 1 aliphatic heterocycles. The van der Waals surface area contributed by atoms with E-state index < -0.39 is 0 Å². The highest BCUT2D eigenvalue weighted by molar-refractivity contribution is 14.2. The summed E-state index contributed by atoms with van der Waals surface area (Å²) in [7, 11) is 3.32. The van der Waals surface area contributed by atoms with Crippen molar-refractivity contribution in [3.05, 3.63) is 24.3 Å². The molecule has 1 saturated heterocycles. The molecule has 1 unspecified atom stereocenters. The third-order valence-electron chi connectivity index (χ3n) is 4.14. The molecule has 1 aromatic rings. The molecule has 24 heavy (non-hydrogen) atoms. The number of esters is 1. The van der Waals surface area contributed by atoms with E-state index in [2.05, 4.69) is 37.3 Å². The fraction of sp³-hybridized carbons (Fsp3) is 0.588. The van der Waals surface area contributed by atoms with Crippen molar-refractivity contribution in [1.82, 2.24) is 9.21 Å². The molecule has 0 aliphatic carbocycles. The average Bonchev–Trinajstić information content (AvgIpc) is 2.60. The van der Waals surface area contributed by atoms with Crippen molar-refractivity contribution in [3.63, 3.8) is 0 Å². The van der Waals surface area contributed by atoms with Crippen LogP contribution in [0.3, 0.4) is 0 Å². The Morgan fingerprint density at radius 2 is 2.17 bits per heavy atom. The Morgan fingerprint density at radius 3 is 2.88 bits per heavy atom. The molecule has 0 bridgehead atoms. The van der Waals surface area contributed by atoms with Gasteiger partial charge >= 0.3 is 5.97 Å². The summed E-state index contributed by atoms with van der Waals surface area (Å²) >= 11 is 2.31. The van der Waals surface area contributed by atoms with Crippen LogP contribution in [0.5, 0.6) is 11.5 Å². The number of methoxy groups -OCH3 is 1. The van der Waals surface area contributed by atoms with Gasteiger partial charge in [0.05, 0.1) is 13.5 Å². The molecule has 5 nitrogen and oxygen atoms in total. The first kappa shape index (κ1) is 19.8. The van der Waals surface area contributed by atoms with Gasteiger partial charge in [-0.25, -0.2) is 4.31 Å². The average molecular weight is 464 g/mol. The van der Waals surface area contributed by atoms with Crippen LogP contribution in [-0.4, -0.2) is 54.5 Å². The van der Waals surface area contributed by atoms with Gasteiger partial charge in [-0.2, -0.15) is 0 Å². The van der Waals surface area contributed by atoms with Crippen LogP contribution in [0.2, 0.25) is 0 Å². The van der Waals surface area contributed by atoms with E-state index in [-0.39, 0.29) is 12.0 Å². The predicted molar refractivity (Wildman–Crippen MR) is 107 cm³/mol. The number of unbranched alkanes of at least 4 members (excludes halogenated alkanes) is 1. The minimum Gasteiger partial charge on any atom is -0.497 e. The lowest BCUT2D eigenvalue weighted by Gasteiger charge is -2.39. The molecule has 0 amide bonds. The minimum atomic E-state index is -0.185. The molecule has 134 valence electrons. The monoisotopic (exact) mass is 464 g/mol. The number of ether oxygens (including phenoxy) is 2. The lowest BCUT2D eigenvalue weighted by molar-refractivity contribution is -0.136. The van der Waals surface area contributed by atoms with Crippen LogP contribution < -0.4 is 9.47 Å². The van der Waals surface area contributed by atoms with Crippen LogP contribution >= 0.6 is 30.3 Å². The quantitative estimate of drug-likeness (QED) is 0.253. The van der Waals surface area contributed by atoms with Gasteiger partial charge in [0.25, 0.3) is 0 Å². The van der Waals surface area contributed by atoms with E-state index in [0.29, 0.717) is 17.9 Å². The molecule has 1 aliphatic rings. The number of hydrogen-bond donors (Lipinski definition) is 0. The first-order valence-electron chi connectivity index (χ1n) is 8.28. The number of benzene rings is 1. The summed E-state index contributed by atoms with van der Waals surface area (Å²) < 4.78 is 13.0. The Labute approximate surface area is 160 Å². The molecule has 0 radical (unpaired) electrons. The molecule has 1 aromatic carbocycles. The molecule has 0 aromatic heterocycles. The van der Waals surface area contributed by atoms with Crippen LogP contribution in [0.25, 0.3) is 0 Å². The van der Waals surface area contributed by atoms with Crippen LogP contribution in [0.1, 0.15) is 26.2 Å². The third-order valence-corrected chi connectivity index (χ3v) is 6.34. The molecule has 0 spiro atoms. The molecule has 7 heteroatoms. The van der Waals surface area contributed by atoms with Crippen molar-refractivity contribution in [1.29, 1.82) is 0 Å². The summed E-state index contributed by atoms with van der Waals surface area (Å²) in [6.07, 6.45) is 2.75. The standard InChI is InChI=1S/C17H25IN2O3S/c1-3-4-8-19-9-10-20(24-18)13-14(19)11-17(21)23-16-7-5-6-15(12-16)22-2/h5-7,12,14H,3-4,8-11,13H2,1-2H3. The Kier molecular flexibility index (Phi) is 8.65. The molecule has 1 atom stereocenters. The second-order valence-electron chi connectivity index (χ2n) is 5.86. The number of halogens is 1. The number of piperazine rings is 1. The fourth-order valence-corrected chi connectivity index (χ4v) is 4.26. The van der Waals surface area contributed by atoms with Crippen LogP contribution in [0.15, 0.2) is 24.3 Å². The van der Waals surface area contributed by atoms with E-state index in [1.54, 1.807) is 28.4 Å². The van der Waals surface area contributed by atoms with Crippen molar-refractivity contribution in [2.45, 2.75) is 32.2 Å². The van der Waals surface area contributed by atoms with Gasteiger partial charge in [-0.1, -0.05) is 19.4 Å². The maximum atomic E-state index is 12.4. The topological polar surface area (TPSA) is 42.0 Å². The van der Waals surface area contributed by atoms with Gasteiger partial charge in [-0.05, 0) is 34.2 Å². The normalized spacial score (nSPS) is 19.2. The van der Waals surface area contributed by atoms with Gasteiger partial charge in [0, 0.05) is 52.9 Å². The second kappa shape index (κ2) is 10.5. The van der Waals surface area contributed by atoms with Gasteiger partial charge in [0.15, 0.2) is 0 Å². The number of nitrogens with zero attached hydrogens (tertiary/aromatic N) is 2. The molecule has 0 N–H and O–H groups in total. The van der Waals surface area contributed by atoms with E-state index in [0.717, 1.165) is 26.2 Å². The largest absolute Gasteiger partial charge is 0.497 e. The van der Waals surface area contributed by atoms with Crippen molar-refractivity contribution in [3.8, 4) is 11.5 Å². The van der Waals surface area contributed by atoms with Gasteiger partial charge in [-0.3, -0.25) is 9.69 Å². The Bertz CT molecular complexity index is 532. The number of carbonyl (C=O) groups is 1. The molecule has 1 fully saturated rings. The molecular formula is C17H25IN2O3S. The van der Waals surface area contributed by atoms with E-state index in [1.807, 2.05) is 12.1 Å². The molecular weight excluding hydrogens is 439 g/mol.